The molecule has 20 heavy (non-hydrogen) atoms. The fourth-order valence-corrected chi connectivity index (χ4v) is 2.46. The minimum atomic E-state index is -0.157. The molecule has 1 unspecified atom stereocenters. The number of halogens is 2. The molecule has 0 saturated heterocycles. The van der Waals surface area contributed by atoms with E-state index in [9.17, 15) is 4.39 Å². The zero-order chi connectivity index (χ0) is 14.5. The van der Waals surface area contributed by atoms with Crippen LogP contribution in [0.1, 0.15) is 43.5 Å². The first kappa shape index (κ1) is 15.0. The van der Waals surface area contributed by atoms with Crippen LogP contribution in [0.25, 0.3) is 0 Å². The van der Waals surface area contributed by atoms with E-state index in [1.165, 1.54) is 6.07 Å². The molecule has 2 rings (SSSR count). The number of hydrogen-bond donors (Lipinski definition) is 1. The second-order valence-corrected chi connectivity index (χ2v) is 5.36. The van der Waals surface area contributed by atoms with Crippen molar-refractivity contribution in [1.29, 1.82) is 0 Å². The summed E-state index contributed by atoms with van der Waals surface area (Å²) in [4.78, 5) is 0. The standard InChI is InChI=1S/C17H19ClFN/c1-3-17(15-6-4-5-7-16(15)19)20-12(2)13-8-10-14(18)11-9-13/h4-12,17,20H,3H2,1-2H3/t12-,17?/m0/s1. The lowest BCUT2D eigenvalue weighted by atomic mass is 10.0. The Morgan fingerprint density at radius 2 is 1.75 bits per heavy atom. The van der Waals surface area contributed by atoms with Crippen LogP contribution in [0.3, 0.4) is 0 Å². The summed E-state index contributed by atoms with van der Waals surface area (Å²) in [6.45, 7) is 4.13. The van der Waals surface area contributed by atoms with Crippen molar-refractivity contribution in [2.45, 2.75) is 32.4 Å². The maximum absolute atomic E-state index is 13.9. The number of rotatable bonds is 5. The number of hydrogen-bond acceptors (Lipinski definition) is 1. The maximum atomic E-state index is 13.9. The van der Waals surface area contributed by atoms with E-state index >= 15 is 0 Å². The number of benzene rings is 2. The second kappa shape index (κ2) is 6.87. The molecule has 0 spiro atoms. The molecule has 0 radical (unpaired) electrons. The van der Waals surface area contributed by atoms with Gasteiger partial charge < -0.3 is 5.32 Å². The van der Waals surface area contributed by atoms with Crippen LogP contribution in [-0.4, -0.2) is 0 Å². The Hall–Kier alpha value is -1.38. The minimum absolute atomic E-state index is 0.00174. The molecule has 3 heteroatoms. The number of nitrogens with one attached hydrogen (secondary N) is 1. The Balaban J connectivity index is 2.14. The fraction of sp³-hybridized carbons (Fsp3) is 0.294. The van der Waals surface area contributed by atoms with Crippen molar-refractivity contribution in [1.82, 2.24) is 5.32 Å². The minimum Gasteiger partial charge on any atom is -0.303 e. The average molecular weight is 292 g/mol. The van der Waals surface area contributed by atoms with Gasteiger partial charge in [0.05, 0.1) is 0 Å². The van der Waals surface area contributed by atoms with Crippen LogP contribution < -0.4 is 5.32 Å². The summed E-state index contributed by atoms with van der Waals surface area (Å²) in [5.74, 6) is -0.157. The van der Waals surface area contributed by atoms with Crippen molar-refractivity contribution >= 4 is 11.6 Å². The molecule has 0 saturated carbocycles. The van der Waals surface area contributed by atoms with Crippen LogP contribution in [0.15, 0.2) is 48.5 Å². The molecule has 1 N–H and O–H groups in total. The highest BCUT2D eigenvalue weighted by Gasteiger charge is 2.16. The van der Waals surface area contributed by atoms with Gasteiger partial charge >= 0.3 is 0 Å². The topological polar surface area (TPSA) is 12.0 Å². The Morgan fingerprint density at radius 1 is 1.10 bits per heavy atom. The quantitative estimate of drug-likeness (QED) is 0.790. The van der Waals surface area contributed by atoms with E-state index in [0.29, 0.717) is 0 Å². The van der Waals surface area contributed by atoms with Gasteiger partial charge in [-0.3, -0.25) is 0 Å². The van der Waals surface area contributed by atoms with Crippen LogP contribution in [0.4, 0.5) is 4.39 Å². The summed E-state index contributed by atoms with van der Waals surface area (Å²) in [5, 5.41) is 4.20. The van der Waals surface area contributed by atoms with Crippen LogP contribution in [0.5, 0.6) is 0 Å². The monoisotopic (exact) mass is 291 g/mol. The summed E-state index contributed by atoms with van der Waals surface area (Å²) < 4.78 is 13.9. The first-order valence-electron chi connectivity index (χ1n) is 6.87. The smallest absolute Gasteiger partial charge is 0.127 e. The summed E-state index contributed by atoms with van der Waals surface area (Å²) in [7, 11) is 0. The Labute approximate surface area is 124 Å². The van der Waals surface area contributed by atoms with Gasteiger partial charge in [0.25, 0.3) is 0 Å². The molecule has 0 bridgehead atoms. The van der Waals surface area contributed by atoms with Crippen molar-refractivity contribution in [3.63, 3.8) is 0 Å². The highest BCUT2D eigenvalue weighted by atomic mass is 35.5. The fourth-order valence-electron chi connectivity index (χ4n) is 2.33. The van der Waals surface area contributed by atoms with Gasteiger partial charge in [-0.25, -0.2) is 4.39 Å². The molecular weight excluding hydrogens is 273 g/mol. The lowest BCUT2D eigenvalue weighted by Gasteiger charge is -2.23. The molecular formula is C17H19ClFN. The molecule has 2 atom stereocenters. The van der Waals surface area contributed by atoms with Crippen molar-refractivity contribution in [3.05, 3.63) is 70.5 Å². The van der Waals surface area contributed by atoms with Gasteiger partial charge in [0.1, 0.15) is 5.82 Å². The third-order valence-electron chi connectivity index (χ3n) is 3.51. The first-order chi connectivity index (χ1) is 9.61. The molecule has 0 fully saturated rings. The highest BCUT2D eigenvalue weighted by molar-refractivity contribution is 6.30. The van der Waals surface area contributed by atoms with Gasteiger partial charge in [0.2, 0.25) is 0 Å². The van der Waals surface area contributed by atoms with E-state index in [2.05, 4.69) is 19.2 Å². The summed E-state index contributed by atoms with van der Waals surface area (Å²) in [6.07, 6.45) is 0.832. The zero-order valence-corrected chi connectivity index (χ0v) is 12.5. The molecule has 0 amide bonds. The molecule has 0 aromatic heterocycles. The van der Waals surface area contributed by atoms with Gasteiger partial charge in [-0.1, -0.05) is 48.9 Å². The lowest BCUT2D eigenvalue weighted by Crippen LogP contribution is -2.25. The largest absolute Gasteiger partial charge is 0.303 e. The molecule has 2 aromatic rings. The normalized spacial score (nSPS) is 14.0. The van der Waals surface area contributed by atoms with E-state index < -0.39 is 0 Å². The highest BCUT2D eigenvalue weighted by Crippen LogP contribution is 2.24. The molecule has 0 aliphatic heterocycles. The van der Waals surface area contributed by atoms with Crippen molar-refractivity contribution in [2.75, 3.05) is 0 Å². The van der Waals surface area contributed by atoms with Gasteiger partial charge in [0.15, 0.2) is 0 Å². The third-order valence-corrected chi connectivity index (χ3v) is 3.76. The Bertz CT molecular complexity index is 553. The van der Waals surface area contributed by atoms with Crippen molar-refractivity contribution < 1.29 is 4.39 Å². The van der Waals surface area contributed by atoms with Crippen LogP contribution in [-0.2, 0) is 0 Å². The predicted octanol–water partition coefficient (Wildman–Crippen LogP) is 5.28. The lowest BCUT2D eigenvalue weighted by molar-refractivity contribution is 0.439. The van der Waals surface area contributed by atoms with E-state index in [1.54, 1.807) is 6.07 Å². The first-order valence-corrected chi connectivity index (χ1v) is 7.25. The van der Waals surface area contributed by atoms with Crippen molar-refractivity contribution in [2.24, 2.45) is 0 Å². The molecule has 0 heterocycles. The van der Waals surface area contributed by atoms with Gasteiger partial charge in [-0.2, -0.15) is 0 Å². The van der Waals surface area contributed by atoms with Crippen LogP contribution in [0.2, 0.25) is 5.02 Å². The van der Waals surface area contributed by atoms with E-state index in [-0.39, 0.29) is 17.9 Å². The Kier molecular flexibility index (Phi) is 5.16. The van der Waals surface area contributed by atoms with E-state index in [4.69, 9.17) is 11.6 Å². The van der Waals surface area contributed by atoms with Crippen LogP contribution >= 0.6 is 11.6 Å². The van der Waals surface area contributed by atoms with Gasteiger partial charge in [-0.15, -0.1) is 0 Å². The average Bonchev–Trinajstić information content (AvgIpc) is 2.46. The zero-order valence-electron chi connectivity index (χ0n) is 11.7. The summed E-state index contributed by atoms with van der Waals surface area (Å²) >= 11 is 5.90. The summed E-state index contributed by atoms with van der Waals surface area (Å²) in [6, 6.07) is 14.8. The van der Waals surface area contributed by atoms with Gasteiger partial charge in [-0.05, 0) is 37.1 Å². The molecule has 1 nitrogen and oxygen atoms in total. The predicted molar refractivity (Wildman–Crippen MR) is 82.4 cm³/mol. The molecule has 0 aliphatic rings. The second-order valence-electron chi connectivity index (χ2n) is 4.92. The molecule has 106 valence electrons. The van der Waals surface area contributed by atoms with Crippen LogP contribution in [0, 0.1) is 5.82 Å². The molecule has 0 aliphatic carbocycles. The summed E-state index contributed by atoms with van der Waals surface area (Å²) in [5.41, 5.74) is 1.86. The molecule has 2 aromatic carbocycles. The van der Waals surface area contributed by atoms with E-state index in [1.807, 2.05) is 36.4 Å². The Morgan fingerprint density at radius 3 is 2.35 bits per heavy atom. The van der Waals surface area contributed by atoms with Gasteiger partial charge in [0, 0.05) is 22.7 Å². The van der Waals surface area contributed by atoms with E-state index in [0.717, 1.165) is 22.6 Å². The van der Waals surface area contributed by atoms with Crippen molar-refractivity contribution in [3.8, 4) is 0 Å². The third kappa shape index (κ3) is 3.59. The SMILES string of the molecule is CCC(N[C@@H](C)c1ccc(Cl)cc1)c1ccccc1F. The maximum Gasteiger partial charge on any atom is 0.127 e.